The van der Waals surface area contributed by atoms with Crippen molar-refractivity contribution in [1.29, 1.82) is 0 Å². The molecule has 2 N–H and O–H groups in total. The van der Waals surface area contributed by atoms with Gasteiger partial charge in [-0.15, -0.1) is 0 Å². The lowest BCUT2D eigenvalue weighted by atomic mass is 10.1. The van der Waals surface area contributed by atoms with E-state index in [1.165, 1.54) is 5.32 Å². The van der Waals surface area contributed by atoms with Crippen molar-refractivity contribution in [3.8, 4) is 0 Å². The Bertz CT molecular complexity index is 1050. The summed E-state index contributed by atoms with van der Waals surface area (Å²) in [4.78, 5) is 15.8. The van der Waals surface area contributed by atoms with Gasteiger partial charge in [0.2, 0.25) is 5.91 Å². The molecule has 0 atom stereocenters. The number of nitrogens with one attached hydrogen (secondary N) is 2. The smallest absolute Gasteiger partial charge is 0.324 e. The number of nitrogens with zero attached hydrogens (tertiary/aromatic N) is 1. The molecule has 3 aromatic rings. The molecule has 3 rings (SSSR count). The minimum atomic E-state index is -5.96. The second kappa shape index (κ2) is 8.33. The fourth-order valence-electron chi connectivity index (χ4n) is 2.76. The van der Waals surface area contributed by atoms with Gasteiger partial charge in [-0.3, -0.25) is 4.79 Å². The third-order valence-corrected chi connectivity index (χ3v) is 5.24. The van der Waals surface area contributed by atoms with Gasteiger partial charge >= 0.3 is 18.0 Å². The van der Waals surface area contributed by atoms with Crippen LogP contribution in [0.2, 0.25) is 0 Å². The number of halogens is 7. The number of fused-ring (bicyclic) bond motifs is 1. The molecule has 1 amide bonds. The first-order chi connectivity index (χ1) is 14.4. The highest BCUT2D eigenvalue weighted by atomic mass is 32.1. The molecule has 31 heavy (non-hydrogen) atoms. The molecule has 0 aliphatic heterocycles. The Morgan fingerprint density at radius 1 is 0.968 bits per heavy atom. The van der Waals surface area contributed by atoms with Crippen LogP contribution in [0, 0.1) is 5.82 Å². The summed E-state index contributed by atoms with van der Waals surface area (Å²) >= 11 is 0.394. The molecule has 4 nitrogen and oxygen atoms in total. The molecule has 0 saturated carbocycles. The van der Waals surface area contributed by atoms with Crippen LogP contribution >= 0.6 is 11.3 Å². The average Bonchev–Trinajstić information content (AvgIpc) is 3.06. The number of thiazole rings is 1. The molecule has 1 heterocycles. The van der Waals surface area contributed by atoms with Crippen molar-refractivity contribution < 1.29 is 35.5 Å². The van der Waals surface area contributed by atoms with Gasteiger partial charge in [-0.05, 0) is 30.2 Å². The van der Waals surface area contributed by atoms with Gasteiger partial charge in [0.1, 0.15) is 5.82 Å². The summed E-state index contributed by atoms with van der Waals surface area (Å²) in [5.74, 6) is -2.19. The van der Waals surface area contributed by atoms with Crippen molar-refractivity contribution in [1.82, 2.24) is 10.3 Å². The van der Waals surface area contributed by atoms with Crippen molar-refractivity contribution in [3.05, 3.63) is 59.9 Å². The van der Waals surface area contributed by atoms with Gasteiger partial charge in [0, 0.05) is 6.42 Å². The molecule has 0 spiro atoms. The first-order valence-electron chi connectivity index (χ1n) is 8.74. The minimum absolute atomic E-state index is 0.00236. The van der Waals surface area contributed by atoms with Crippen LogP contribution in [0.4, 0.5) is 35.9 Å². The molecule has 0 bridgehead atoms. The molecule has 0 radical (unpaired) electrons. The molecule has 0 unspecified atom stereocenters. The number of anilines is 1. The van der Waals surface area contributed by atoms with Crippen molar-refractivity contribution in [2.45, 2.75) is 30.9 Å². The predicted molar refractivity (Wildman–Crippen MR) is 101 cm³/mol. The highest BCUT2D eigenvalue weighted by molar-refractivity contribution is 7.22. The lowest BCUT2D eigenvalue weighted by Crippen LogP contribution is -2.72. The van der Waals surface area contributed by atoms with Crippen molar-refractivity contribution in [2.24, 2.45) is 0 Å². The predicted octanol–water partition coefficient (Wildman–Crippen LogP) is 5.42. The molecule has 2 aromatic carbocycles. The van der Waals surface area contributed by atoms with Gasteiger partial charge in [0.05, 0.1) is 10.2 Å². The van der Waals surface area contributed by atoms with E-state index in [9.17, 15) is 35.5 Å². The number of rotatable bonds is 6. The van der Waals surface area contributed by atoms with E-state index in [-0.39, 0.29) is 16.6 Å². The summed E-state index contributed by atoms with van der Waals surface area (Å²) in [6, 6.07) is 11.1. The maximum Gasteiger partial charge on any atom is 0.439 e. The Kier molecular flexibility index (Phi) is 6.12. The lowest BCUT2D eigenvalue weighted by Gasteiger charge is -2.38. The monoisotopic (exact) mass is 465 g/mol. The lowest BCUT2D eigenvalue weighted by molar-refractivity contribution is -0.295. The fraction of sp³-hybridized carbons (Fsp3) is 0.263. The molecule has 166 valence electrons. The number of hydrogen-bond acceptors (Lipinski definition) is 4. The second-order valence-corrected chi connectivity index (χ2v) is 7.57. The number of alkyl halides is 6. The maximum absolute atomic E-state index is 13.7. The molecule has 1 aromatic heterocycles. The third-order valence-electron chi connectivity index (χ3n) is 4.31. The summed E-state index contributed by atoms with van der Waals surface area (Å²) in [7, 11) is 0. The van der Waals surface area contributed by atoms with Gasteiger partial charge in [0.15, 0.2) is 5.13 Å². The van der Waals surface area contributed by atoms with Crippen LogP contribution in [-0.2, 0) is 11.2 Å². The SMILES string of the molecule is O=C(CCc1ccccc1)NC(Nc1nc2ccc(F)cc2s1)(C(F)(F)F)C(F)(F)F. The summed E-state index contributed by atoms with van der Waals surface area (Å²) in [5.41, 5.74) is -4.20. The van der Waals surface area contributed by atoms with Gasteiger partial charge in [0.25, 0.3) is 0 Å². The van der Waals surface area contributed by atoms with Crippen molar-refractivity contribution in [3.63, 3.8) is 0 Å². The second-order valence-electron chi connectivity index (χ2n) is 6.54. The number of aryl methyl sites for hydroxylation is 1. The standard InChI is InChI=1S/C19H14F7N3OS/c20-12-7-8-13-14(10-12)31-16(27-13)29-17(18(21,22)23,19(24,25)26)28-15(30)9-6-11-4-2-1-3-5-11/h1-5,7-8,10H,6,9H2,(H,27,29)(H,28,30). The first kappa shape index (κ1) is 22.8. The fourth-order valence-corrected chi connectivity index (χ4v) is 3.71. The third kappa shape index (κ3) is 4.89. The summed E-state index contributed by atoms with van der Waals surface area (Å²) in [5, 5.41) is 1.61. The van der Waals surface area contributed by atoms with Gasteiger partial charge in [-0.1, -0.05) is 41.7 Å². The molecule has 0 aliphatic carbocycles. The maximum atomic E-state index is 13.7. The van der Waals surface area contributed by atoms with Crippen LogP contribution in [-0.4, -0.2) is 28.9 Å². The van der Waals surface area contributed by atoms with Crippen molar-refractivity contribution in [2.75, 3.05) is 5.32 Å². The van der Waals surface area contributed by atoms with Gasteiger partial charge in [-0.25, -0.2) is 9.37 Å². The Balaban J connectivity index is 1.91. The molecule has 0 fully saturated rings. The largest absolute Gasteiger partial charge is 0.439 e. The van der Waals surface area contributed by atoms with E-state index in [0.717, 1.165) is 23.5 Å². The number of amides is 1. The quantitative estimate of drug-likeness (QED) is 0.378. The number of carbonyl (C=O) groups excluding carboxylic acids is 1. The molecule has 12 heteroatoms. The highest BCUT2D eigenvalue weighted by Crippen LogP contribution is 2.44. The van der Waals surface area contributed by atoms with E-state index >= 15 is 0 Å². The van der Waals surface area contributed by atoms with E-state index in [0.29, 0.717) is 16.9 Å². The molecular formula is C19H14F7N3OS. The van der Waals surface area contributed by atoms with E-state index in [1.54, 1.807) is 30.3 Å². The average molecular weight is 465 g/mol. The van der Waals surface area contributed by atoms with Crippen LogP contribution < -0.4 is 10.6 Å². The van der Waals surface area contributed by atoms with E-state index < -0.39 is 41.3 Å². The van der Waals surface area contributed by atoms with Crippen LogP contribution in [0.1, 0.15) is 12.0 Å². The zero-order valence-corrected chi connectivity index (χ0v) is 16.3. The normalized spacial score (nSPS) is 12.7. The topological polar surface area (TPSA) is 54.0 Å². The number of benzene rings is 2. The van der Waals surface area contributed by atoms with Gasteiger partial charge in [-0.2, -0.15) is 26.3 Å². The molecular weight excluding hydrogens is 451 g/mol. The minimum Gasteiger partial charge on any atom is -0.324 e. The van der Waals surface area contributed by atoms with E-state index in [2.05, 4.69) is 4.98 Å². The van der Waals surface area contributed by atoms with Crippen LogP contribution in [0.25, 0.3) is 10.2 Å². The van der Waals surface area contributed by atoms with Crippen LogP contribution in [0.15, 0.2) is 48.5 Å². The number of carbonyl (C=O) groups is 1. The Labute approximate surface area is 175 Å². The van der Waals surface area contributed by atoms with Crippen molar-refractivity contribution >= 4 is 32.6 Å². The molecule has 0 aliphatic rings. The zero-order chi connectivity index (χ0) is 22.9. The van der Waals surface area contributed by atoms with E-state index in [4.69, 9.17) is 0 Å². The van der Waals surface area contributed by atoms with E-state index in [1.807, 2.05) is 0 Å². The summed E-state index contributed by atoms with van der Waals surface area (Å²) < 4.78 is 95.7. The Hall–Kier alpha value is -2.89. The number of hydrogen-bond donors (Lipinski definition) is 2. The molecule has 0 saturated heterocycles. The summed E-state index contributed by atoms with van der Waals surface area (Å²) in [6.45, 7) is 0. The number of aromatic nitrogens is 1. The first-order valence-corrected chi connectivity index (χ1v) is 9.55. The highest BCUT2D eigenvalue weighted by Gasteiger charge is 2.73. The zero-order valence-electron chi connectivity index (χ0n) is 15.4. The van der Waals surface area contributed by atoms with Gasteiger partial charge < -0.3 is 10.6 Å². The Morgan fingerprint density at radius 3 is 2.23 bits per heavy atom. The van der Waals surface area contributed by atoms with Crippen LogP contribution in [0.5, 0.6) is 0 Å². The Morgan fingerprint density at radius 2 is 1.61 bits per heavy atom. The van der Waals surface area contributed by atoms with Crippen LogP contribution in [0.3, 0.4) is 0 Å². The summed E-state index contributed by atoms with van der Waals surface area (Å²) in [6.07, 6.45) is -12.6.